The number of benzene rings is 3. The quantitative estimate of drug-likeness (QED) is 0.144. The van der Waals surface area contributed by atoms with E-state index in [1.807, 2.05) is 81.4 Å². The zero-order chi connectivity index (χ0) is 37.6. The minimum Gasteiger partial charge on any atom is -0.444 e. The van der Waals surface area contributed by atoms with Gasteiger partial charge in [0.25, 0.3) is 11.4 Å². The molecule has 1 unspecified atom stereocenters. The number of ether oxygens (including phenoxy) is 1. The third kappa shape index (κ3) is 8.43. The first-order valence-corrected chi connectivity index (χ1v) is 16.9. The van der Waals surface area contributed by atoms with E-state index < -0.39 is 41.3 Å². The van der Waals surface area contributed by atoms with Gasteiger partial charge in [0, 0.05) is 25.3 Å². The fourth-order valence-corrected chi connectivity index (χ4v) is 5.53. The van der Waals surface area contributed by atoms with E-state index in [2.05, 4.69) is 25.8 Å². The van der Waals surface area contributed by atoms with Gasteiger partial charge in [-0.1, -0.05) is 86.6 Å². The molecule has 52 heavy (non-hydrogen) atoms. The maximum absolute atomic E-state index is 13.9. The molecule has 2 N–H and O–H groups in total. The van der Waals surface area contributed by atoms with E-state index in [-0.39, 0.29) is 41.5 Å². The smallest absolute Gasteiger partial charge is 0.412 e. The van der Waals surface area contributed by atoms with Crippen LogP contribution in [0.2, 0.25) is 0 Å². The zero-order valence-corrected chi connectivity index (χ0v) is 30.3. The van der Waals surface area contributed by atoms with Gasteiger partial charge in [0.2, 0.25) is 17.6 Å². The molecule has 0 aliphatic rings. The summed E-state index contributed by atoms with van der Waals surface area (Å²) >= 11 is 0. The molecule has 1 atom stereocenters. The topological polar surface area (TPSA) is 162 Å². The Bertz CT molecular complexity index is 2090. The Morgan fingerprint density at radius 2 is 1.56 bits per heavy atom. The molecule has 270 valence electrons. The Labute approximate surface area is 302 Å². The van der Waals surface area contributed by atoms with Gasteiger partial charge >= 0.3 is 6.09 Å². The first-order valence-electron chi connectivity index (χ1n) is 16.9. The molecule has 0 aliphatic carbocycles. The molecule has 0 saturated heterocycles. The number of carbonyl (C=O) groups excluding carboxylic acids is 3. The number of hydrogen-bond acceptors (Lipinski definition) is 10. The Morgan fingerprint density at radius 1 is 0.923 bits per heavy atom. The number of nitrogens with one attached hydrogen (secondary N) is 2. The molecule has 5 aromatic rings. The van der Waals surface area contributed by atoms with E-state index in [1.54, 1.807) is 57.2 Å². The van der Waals surface area contributed by atoms with Gasteiger partial charge in [0.05, 0.1) is 17.2 Å². The lowest BCUT2D eigenvalue weighted by atomic mass is 9.84. The maximum atomic E-state index is 13.9. The monoisotopic (exact) mass is 705 g/mol. The molecule has 0 radical (unpaired) electrons. The SMILES string of the molecule is Cc1nc(-c2ccccc2)n(CC(=O)NC(C(=O)c2nnc(C(C)(C)c3ccc(N(C)C)cc3)o2)C(C)C)c(=O)c1NC(=O)OCc1ccccc1. The van der Waals surface area contributed by atoms with Crippen LogP contribution in [-0.2, 0) is 28.1 Å². The third-order valence-electron chi connectivity index (χ3n) is 8.67. The standard InChI is InChI=1S/C39H43N7O6/c1-24(2)31(33(48)35-43-44-37(52-35)39(4,5)28-18-20-29(21-19-28)45(6)7)41-30(47)22-46-34(27-16-12-9-13-17-27)40-25(3)32(36(46)49)42-38(50)51-23-26-14-10-8-11-15-26/h8-21,24,31H,22-23H2,1-7H3,(H,41,47)(H,42,50). The highest BCUT2D eigenvalue weighted by molar-refractivity contribution is 5.98. The van der Waals surface area contributed by atoms with Crippen LogP contribution in [-0.4, -0.2) is 57.7 Å². The highest BCUT2D eigenvalue weighted by atomic mass is 16.5. The molecule has 2 aromatic heterocycles. The largest absolute Gasteiger partial charge is 0.444 e. The summed E-state index contributed by atoms with van der Waals surface area (Å²) in [6, 6.07) is 24.8. The molecule has 0 aliphatic heterocycles. The van der Waals surface area contributed by atoms with E-state index >= 15 is 0 Å². The average Bonchev–Trinajstić information content (AvgIpc) is 3.65. The minimum atomic E-state index is -1.05. The van der Waals surface area contributed by atoms with Crippen LogP contribution >= 0.6 is 0 Å². The number of aromatic nitrogens is 4. The Hall–Kier alpha value is -6.11. The fraction of sp³-hybridized carbons (Fsp3) is 0.308. The molecule has 13 heteroatoms. The predicted octanol–water partition coefficient (Wildman–Crippen LogP) is 5.77. The van der Waals surface area contributed by atoms with Crippen molar-refractivity contribution in [2.45, 2.75) is 59.2 Å². The van der Waals surface area contributed by atoms with Crippen LogP contribution in [0.5, 0.6) is 0 Å². The van der Waals surface area contributed by atoms with Crippen molar-refractivity contribution in [2.75, 3.05) is 24.3 Å². The van der Waals surface area contributed by atoms with Crippen LogP contribution in [0.15, 0.2) is 94.1 Å². The summed E-state index contributed by atoms with van der Waals surface area (Å²) in [6.07, 6.45) is -0.854. The molecule has 3 aromatic carbocycles. The summed E-state index contributed by atoms with van der Waals surface area (Å²) in [5.74, 6) is -1.38. The number of hydrogen-bond donors (Lipinski definition) is 2. The van der Waals surface area contributed by atoms with Crippen LogP contribution in [0.1, 0.15) is 61.1 Å². The lowest BCUT2D eigenvalue weighted by Gasteiger charge is -2.22. The summed E-state index contributed by atoms with van der Waals surface area (Å²) in [5, 5.41) is 13.5. The molecule has 0 bridgehead atoms. The number of anilines is 2. The lowest BCUT2D eigenvalue weighted by Crippen LogP contribution is -2.47. The molecule has 0 spiro atoms. The Balaban J connectivity index is 1.37. The maximum Gasteiger partial charge on any atom is 0.412 e. The second-order valence-electron chi connectivity index (χ2n) is 13.5. The normalized spacial score (nSPS) is 11.9. The Morgan fingerprint density at radius 3 is 2.17 bits per heavy atom. The zero-order valence-electron chi connectivity index (χ0n) is 30.3. The molecule has 13 nitrogen and oxygen atoms in total. The molecular weight excluding hydrogens is 662 g/mol. The predicted molar refractivity (Wildman–Crippen MR) is 197 cm³/mol. The lowest BCUT2D eigenvalue weighted by molar-refractivity contribution is -0.122. The second kappa shape index (κ2) is 15.8. The van der Waals surface area contributed by atoms with E-state index in [0.29, 0.717) is 5.56 Å². The van der Waals surface area contributed by atoms with Gasteiger partial charge < -0.3 is 19.4 Å². The van der Waals surface area contributed by atoms with Crippen LogP contribution < -0.4 is 21.1 Å². The van der Waals surface area contributed by atoms with Gasteiger partial charge in [-0.2, -0.15) is 0 Å². The molecule has 2 amide bonds. The number of amides is 2. The van der Waals surface area contributed by atoms with Gasteiger partial charge in [-0.05, 0) is 49.9 Å². The van der Waals surface area contributed by atoms with Crippen molar-refractivity contribution in [3.8, 4) is 11.4 Å². The number of carbonyl (C=O) groups is 3. The van der Waals surface area contributed by atoms with Crippen molar-refractivity contribution in [2.24, 2.45) is 5.92 Å². The van der Waals surface area contributed by atoms with Gasteiger partial charge in [-0.25, -0.2) is 9.78 Å². The van der Waals surface area contributed by atoms with Crippen LogP contribution in [0.3, 0.4) is 0 Å². The molecular formula is C39H43N7O6. The minimum absolute atomic E-state index is 0.00856. The van der Waals surface area contributed by atoms with Crippen LogP contribution in [0.4, 0.5) is 16.2 Å². The second-order valence-corrected chi connectivity index (χ2v) is 13.5. The average molecular weight is 706 g/mol. The summed E-state index contributed by atoms with van der Waals surface area (Å²) in [5.41, 5.74) is 2.00. The van der Waals surface area contributed by atoms with E-state index in [9.17, 15) is 19.2 Å². The summed E-state index contributed by atoms with van der Waals surface area (Å²) in [7, 11) is 3.92. The Kier molecular flexibility index (Phi) is 11.3. The summed E-state index contributed by atoms with van der Waals surface area (Å²) in [6.45, 7) is 8.45. The van der Waals surface area contributed by atoms with Crippen molar-refractivity contribution in [3.05, 3.63) is 124 Å². The van der Waals surface area contributed by atoms with Gasteiger partial charge in [0.15, 0.2) is 0 Å². The van der Waals surface area contributed by atoms with Crippen molar-refractivity contribution in [1.29, 1.82) is 0 Å². The van der Waals surface area contributed by atoms with Crippen molar-refractivity contribution in [1.82, 2.24) is 25.1 Å². The van der Waals surface area contributed by atoms with E-state index in [0.717, 1.165) is 21.4 Å². The van der Waals surface area contributed by atoms with Gasteiger partial charge in [-0.3, -0.25) is 24.3 Å². The number of ketones is 1. The third-order valence-corrected chi connectivity index (χ3v) is 8.67. The van der Waals surface area contributed by atoms with Crippen molar-refractivity contribution in [3.63, 3.8) is 0 Å². The number of Topliss-reactive ketones (excluding diaryl/α,β-unsaturated/α-hetero) is 1. The van der Waals surface area contributed by atoms with E-state index in [1.165, 1.54) is 0 Å². The van der Waals surface area contributed by atoms with E-state index in [4.69, 9.17) is 9.15 Å². The molecule has 0 fully saturated rings. The van der Waals surface area contributed by atoms with Crippen molar-refractivity contribution < 1.29 is 23.5 Å². The van der Waals surface area contributed by atoms with Gasteiger partial charge in [0.1, 0.15) is 24.7 Å². The fourth-order valence-electron chi connectivity index (χ4n) is 5.53. The summed E-state index contributed by atoms with van der Waals surface area (Å²) < 4.78 is 12.4. The van der Waals surface area contributed by atoms with Gasteiger partial charge in [-0.15, -0.1) is 10.2 Å². The molecule has 2 heterocycles. The number of aryl methyl sites for hydroxylation is 1. The first kappa shape index (κ1) is 37.2. The number of rotatable bonds is 13. The van der Waals surface area contributed by atoms with Crippen LogP contribution in [0.25, 0.3) is 11.4 Å². The highest BCUT2D eigenvalue weighted by Crippen LogP contribution is 2.32. The summed E-state index contributed by atoms with van der Waals surface area (Å²) in [4.78, 5) is 60.7. The molecule has 5 rings (SSSR count). The highest BCUT2D eigenvalue weighted by Gasteiger charge is 2.34. The van der Waals surface area contributed by atoms with Crippen molar-refractivity contribution >= 4 is 29.2 Å². The van der Waals surface area contributed by atoms with Crippen LogP contribution in [0, 0.1) is 12.8 Å². The number of nitrogens with zero attached hydrogens (tertiary/aromatic N) is 5. The first-order chi connectivity index (χ1) is 24.8. The molecule has 0 saturated carbocycles.